The Morgan fingerprint density at radius 2 is 1.79 bits per heavy atom. The lowest BCUT2D eigenvalue weighted by Gasteiger charge is -2.20. The van der Waals surface area contributed by atoms with Crippen LogP contribution in [0.1, 0.15) is 37.6 Å². The van der Waals surface area contributed by atoms with Gasteiger partial charge in [0.2, 0.25) is 0 Å². The molecule has 3 rings (SSSR count). The van der Waals surface area contributed by atoms with E-state index in [1.807, 2.05) is 48.6 Å². The molecule has 0 spiro atoms. The normalized spacial score (nSPS) is 12.7. The Bertz CT molecular complexity index is 1140. The molecule has 0 saturated heterocycles. The molecule has 6 nitrogen and oxygen atoms in total. The third-order valence-corrected chi connectivity index (χ3v) is 5.14. The van der Waals surface area contributed by atoms with E-state index in [4.69, 9.17) is 14.2 Å². The number of fused-ring (bicyclic) bond motifs is 1. The summed E-state index contributed by atoms with van der Waals surface area (Å²) >= 11 is 0. The fourth-order valence-electron chi connectivity index (χ4n) is 3.52. The molecule has 1 atom stereocenters. The van der Waals surface area contributed by atoms with Crippen LogP contribution in [0.2, 0.25) is 0 Å². The number of benzene rings is 2. The topological polar surface area (TPSA) is 65.5 Å². The highest BCUT2D eigenvalue weighted by atomic mass is 16.5. The maximum absolute atomic E-state index is 5.95. The van der Waals surface area contributed by atoms with Crippen LogP contribution >= 0.6 is 0 Å². The maximum Gasteiger partial charge on any atom is 0.162 e. The fourth-order valence-corrected chi connectivity index (χ4v) is 3.52. The first-order valence-corrected chi connectivity index (χ1v) is 11.0. The Labute approximate surface area is 195 Å². The van der Waals surface area contributed by atoms with E-state index < -0.39 is 0 Å². The van der Waals surface area contributed by atoms with E-state index in [1.165, 1.54) is 0 Å². The van der Waals surface area contributed by atoms with Crippen LogP contribution < -0.4 is 19.5 Å². The standard InChI is InChI=1S/C27H31N3O3/c1-6-9-10-11-20(7-2)33-21-14-12-19(13-15-21)26(28-8-3)27-22-16-24(31-4)25(32-5)17-23(22)29-18-30-27/h7,9-18,26,28H,2,6,8H2,1,3-5H3/b10-9-,20-11+. The third kappa shape index (κ3) is 5.79. The molecule has 6 heteroatoms. The van der Waals surface area contributed by atoms with Gasteiger partial charge < -0.3 is 19.5 Å². The summed E-state index contributed by atoms with van der Waals surface area (Å²) in [5, 5.41) is 4.44. The lowest BCUT2D eigenvalue weighted by molar-refractivity contribution is 0.355. The molecule has 0 aliphatic carbocycles. The second-order valence-electron chi connectivity index (χ2n) is 7.25. The van der Waals surface area contributed by atoms with E-state index in [0.29, 0.717) is 17.3 Å². The molecule has 1 heterocycles. The van der Waals surface area contributed by atoms with Crippen molar-refractivity contribution in [3.63, 3.8) is 0 Å². The van der Waals surface area contributed by atoms with Crippen LogP contribution in [0, 0.1) is 0 Å². The van der Waals surface area contributed by atoms with Crippen LogP contribution in [0.5, 0.6) is 17.2 Å². The first-order valence-electron chi connectivity index (χ1n) is 11.0. The zero-order valence-corrected chi connectivity index (χ0v) is 19.7. The Kier molecular flexibility index (Phi) is 8.61. The number of allylic oxidation sites excluding steroid dienone is 4. The molecule has 1 aromatic heterocycles. The van der Waals surface area contributed by atoms with Gasteiger partial charge >= 0.3 is 0 Å². The quantitative estimate of drug-likeness (QED) is 0.299. The zero-order chi connectivity index (χ0) is 23.6. The van der Waals surface area contributed by atoms with Gasteiger partial charge in [-0.2, -0.15) is 0 Å². The van der Waals surface area contributed by atoms with E-state index in [0.717, 1.165) is 40.9 Å². The van der Waals surface area contributed by atoms with Crippen molar-refractivity contribution in [1.82, 2.24) is 15.3 Å². The summed E-state index contributed by atoms with van der Waals surface area (Å²) in [6, 6.07) is 11.7. The van der Waals surface area contributed by atoms with Gasteiger partial charge in [-0.1, -0.05) is 44.7 Å². The molecule has 0 aliphatic heterocycles. The van der Waals surface area contributed by atoms with Gasteiger partial charge in [0.15, 0.2) is 11.5 Å². The van der Waals surface area contributed by atoms with Gasteiger partial charge in [0.05, 0.1) is 31.5 Å². The Balaban J connectivity index is 1.96. The molecule has 172 valence electrons. The molecule has 0 amide bonds. The lowest BCUT2D eigenvalue weighted by Crippen LogP contribution is -2.23. The molecular weight excluding hydrogens is 414 g/mol. The lowest BCUT2D eigenvalue weighted by atomic mass is 9.99. The summed E-state index contributed by atoms with van der Waals surface area (Å²) < 4.78 is 16.9. The van der Waals surface area contributed by atoms with Crippen molar-refractivity contribution >= 4 is 10.9 Å². The highest BCUT2D eigenvalue weighted by molar-refractivity contribution is 5.85. The van der Waals surface area contributed by atoms with Gasteiger partial charge in [0.25, 0.3) is 0 Å². The summed E-state index contributed by atoms with van der Waals surface area (Å²) in [6.07, 6.45) is 10.2. The highest BCUT2D eigenvalue weighted by Gasteiger charge is 2.20. The van der Waals surface area contributed by atoms with Crippen LogP contribution in [0.25, 0.3) is 10.9 Å². The average Bonchev–Trinajstić information content (AvgIpc) is 2.86. The van der Waals surface area contributed by atoms with Gasteiger partial charge in [0.1, 0.15) is 17.8 Å². The molecule has 1 N–H and O–H groups in total. The van der Waals surface area contributed by atoms with Gasteiger partial charge in [-0.15, -0.1) is 0 Å². The number of nitrogens with one attached hydrogen (secondary N) is 1. The predicted octanol–water partition coefficient (Wildman–Crippen LogP) is 5.76. The van der Waals surface area contributed by atoms with Crippen LogP contribution in [-0.2, 0) is 0 Å². The molecule has 1 unspecified atom stereocenters. The van der Waals surface area contributed by atoms with Gasteiger partial charge in [-0.05, 0) is 48.9 Å². The molecule has 33 heavy (non-hydrogen) atoms. The van der Waals surface area contributed by atoms with Crippen molar-refractivity contribution in [2.75, 3.05) is 20.8 Å². The summed E-state index contributed by atoms with van der Waals surface area (Å²) in [5.41, 5.74) is 2.73. The Morgan fingerprint density at radius 3 is 2.42 bits per heavy atom. The number of methoxy groups -OCH3 is 2. The molecular formula is C27H31N3O3. The van der Waals surface area contributed by atoms with Crippen LogP contribution in [0.3, 0.4) is 0 Å². The van der Waals surface area contributed by atoms with E-state index >= 15 is 0 Å². The van der Waals surface area contributed by atoms with E-state index in [1.54, 1.807) is 26.6 Å². The smallest absolute Gasteiger partial charge is 0.162 e. The minimum Gasteiger partial charge on any atom is -0.493 e. The summed E-state index contributed by atoms with van der Waals surface area (Å²) in [4.78, 5) is 9.06. The fraction of sp³-hybridized carbons (Fsp3) is 0.259. The van der Waals surface area contributed by atoms with E-state index in [-0.39, 0.29) is 6.04 Å². The van der Waals surface area contributed by atoms with Crippen molar-refractivity contribution in [3.8, 4) is 17.2 Å². The third-order valence-electron chi connectivity index (χ3n) is 5.14. The maximum atomic E-state index is 5.95. The number of nitrogens with zero attached hydrogens (tertiary/aromatic N) is 2. The highest BCUT2D eigenvalue weighted by Crippen LogP contribution is 2.35. The summed E-state index contributed by atoms with van der Waals surface area (Å²) in [5.74, 6) is 2.71. The van der Waals surface area contributed by atoms with Crippen molar-refractivity contribution in [2.24, 2.45) is 0 Å². The van der Waals surface area contributed by atoms with Crippen LogP contribution in [0.4, 0.5) is 0 Å². The number of rotatable bonds is 11. The molecule has 0 aliphatic rings. The van der Waals surface area contributed by atoms with Crippen molar-refractivity contribution in [1.29, 1.82) is 0 Å². The molecule has 0 saturated carbocycles. The second-order valence-corrected chi connectivity index (χ2v) is 7.25. The van der Waals surface area contributed by atoms with E-state index in [2.05, 4.69) is 41.8 Å². The number of hydrogen-bond donors (Lipinski definition) is 1. The first-order chi connectivity index (χ1) is 16.1. The monoisotopic (exact) mass is 445 g/mol. The van der Waals surface area contributed by atoms with Gasteiger partial charge in [0, 0.05) is 11.5 Å². The minimum absolute atomic E-state index is 0.130. The average molecular weight is 446 g/mol. The Morgan fingerprint density at radius 1 is 1.06 bits per heavy atom. The molecule has 3 aromatic rings. The van der Waals surface area contributed by atoms with Crippen molar-refractivity contribution in [2.45, 2.75) is 26.3 Å². The number of hydrogen-bond acceptors (Lipinski definition) is 6. The second kappa shape index (κ2) is 11.8. The molecule has 0 bridgehead atoms. The SMILES string of the molecule is C=C/C(=C\C=C/CC)Oc1ccc(C(NCC)c2ncnc3cc(OC)c(OC)cc23)cc1. The van der Waals surface area contributed by atoms with Crippen LogP contribution in [-0.4, -0.2) is 30.7 Å². The Hall–Kier alpha value is -3.64. The number of aromatic nitrogens is 2. The largest absolute Gasteiger partial charge is 0.493 e. The van der Waals surface area contributed by atoms with Crippen LogP contribution in [0.15, 0.2) is 79.4 Å². The van der Waals surface area contributed by atoms with Gasteiger partial charge in [-0.25, -0.2) is 9.97 Å². The molecule has 0 radical (unpaired) electrons. The summed E-state index contributed by atoms with van der Waals surface area (Å²) in [7, 11) is 3.24. The number of ether oxygens (including phenoxy) is 3. The van der Waals surface area contributed by atoms with Crippen molar-refractivity contribution < 1.29 is 14.2 Å². The molecule has 2 aromatic carbocycles. The summed E-state index contributed by atoms with van der Waals surface area (Å²) in [6.45, 7) is 8.76. The first kappa shape index (κ1) is 24.0. The minimum atomic E-state index is -0.130. The predicted molar refractivity (Wildman–Crippen MR) is 133 cm³/mol. The van der Waals surface area contributed by atoms with E-state index in [9.17, 15) is 0 Å². The molecule has 0 fully saturated rings. The van der Waals surface area contributed by atoms with Crippen molar-refractivity contribution in [3.05, 3.63) is 90.6 Å². The van der Waals surface area contributed by atoms with Gasteiger partial charge in [-0.3, -0.25) is 0 Å². The zero-order valence-electron chi connectivity index (χ0n) is 19.7.